The van der Waals surface area contributed by atoms with Crippen LogP contribution in [-0.4, -0.2) is 44.6 Å². The third-order valence-corrected chi connectivity index (χ3v) is 5.07. The standard InChI is InChI=1S/C27H27NO7/c1-32-23-14-18(5-6-19-15-24(33-2)27(35-4)25(16-19)34-3)7-10-20(23)28-26(31)12-9-17-8-11-21(29)22(30)13-17/h5-16,29-30H,1-4H3,(H,28,31)/b6-5+,12-9+. The Morgan fingerprint density at radius 3 is 1.86 bits per heavy atom. The first-order valence-electron chi connectivity index (χ1n) is 10.6. The van der Waals surface area contributed by atoms with Gasteiger partial charge in [-0.1, -0.05) is 24.3 Å². The van der Waals surface area contributed by atoms with Crippen molar-refractivity contribution in [1.82, 2.24) is 0 Å². The molecule has 8 nitrogen and oxygen atoms in total. The molecule has 0 aliphatic carbocycles. The average molecular weight is 478 g/mol. The molecule has 0 saturated heterocycles. The molecule has 0 saturated carbocycles. The molecule has 0 aromatic heterocycles. The van der Waals surface area contributed by atoms with E-state index in [1.807, 2.05) is 30.4 Å². The fraction of sp³-hybridized carbons (Fsp3) is 0.148. The SMILES string of the molecule is COc1cc(/C=C/c2cc(OC)c(OC)c(OC)c2)ccc1NC(=O)/C=C/c1ccc(O)c(O)c1. The minimum absolute atomic E-state index is 0.226. The number of ether oxygens (including phenoxy) is 4. The minimum atomic E-state index is -0.378. The molecule has 1 amide bonds. The Labute approximate surface area is 203 Å². The van der Waals surface area contributed by atoms with Crippen molar-refractivity contribution in [2.75, 3.05) is 33.8 Å². The molecule has 3 aromatic rings. The maximum Gasteiger partial charge on any atom is 0.248 e. The van der Waals surface area contributed by atoms with Crippen molar-refractivity contribution in [3.05, 3.63) is 71.3 Å². The summed E-state index contributed by atoms with van der Waals surface area (Å²) < 4.78 is 21.6. The monoisotopic (exact) mass is 477 g/mol. The van der Waals surface area contributed by atoms with Gasteiger partial charge in [0.25, 0.3) is 0 Å². The van der Waals surface area contributed by atoms with Gasteiger partial charge in [0, 0.05) is 6.08 Å². The van der Waals surface area contributed by atoms with Crippen molar-refractivity contribution in [3.63, 3.8) is 0 Å². The number of nitrogens with one attached hydrogen (secondary N) is 1. The van der Waals surface area contributed by atoms with E-state index in [0.29, 0.717) is 34.2 Å². The summed E-state index contributed by atoms with van der Waals surface area (Å²) in [5.74, 6) is 1.25. The molecule has 0 fully saturated rings. The van der Waals surface area contributed by atoms with E-state index in [9.17, 15) is 15.0 Å². The Morgan fingerprint density at radius 2 is 1.26 bits per heavy atom. The predicted molar refractivity (Wildman–Crippen MR) is 135 cm³/mol. The topological polar surface area (TPSA) is 106 Å². The highest BCUT2D eigenvalue weighted by molar-refractivity contribution is 6.03. The zero-order valence-corrected chi connectivity index (χ0v) is 19.9. The lowest BCUT2D eigenvalue weighted by atomic mass is 10.1. The van der Waals surface area contributed by atoms with E-state index in [-0.39, 0.29) is 17.4 Å². The average Bonchev–Trinajstić information content (AvgIpc) is 2.87. The van der Waals surface area contributed by atoms with Gasteiger partial charge in [0.1, 0.15) is 5.75 Å². The lowest BCUT2D eigenvalue weighted by molar-refractivity contribution is -0.111. The second-order valence-corrected chi connectivity index (χ2v) is 7.32. The van der Waals surface area contributed by atoms with Gasteiger partial charge in [0.05, 0.1) is 34.1 Å². The summed E-state index contributed by atoms with van der Waals surface area (Å²) in [6.45, 7) is 0. The number of aromatic hydroxyl groups is 2. The molecular formula is C27H27NO7. The van der Waals surface area contributed by atoms with Crippen molar-refractivity contribution in [2.45, 2.75) is 0 Å². The van der Waals surface area contributed by atoms with Crippen LogP contribution in [0, 0.1) is 0 Å². The van der Waals surface area contributed by atoms with Gasteiger partial charge >= 0.3 is 0 Å². The molecule has 0 aliphatic heterocycles. The van der Waals surface area contributed by atoms with E-state index in [4.69, 9.17) is 18.9 Å². The highest BCUT2D eigenvalue weighted by atomic mass is 16.5. The van der Waals surface area contributed by atoms with Gasteiger partial charge in [-0.15, -0.1) is 0 Å². The fourth-order valence-corrected chi connectivity index (χ4v) is 3.30. The van der Waals surface area contributed by atoms with Crippen molar-refractivity contribution < 1.29 is 34.0 Å². The number of phenols is 2. The molecule has 0 heterocycles. The fourth-order valence-electron chi connectivity index (χ4n) is 3.30. The molecule has 35 heavy (non-hydrogen) atoms. The van der Waals surface area contributed by atoms with E-state index in [1.165, 1.54) is 31.4 Å². The third-order valence-electron chi connectivity index (χ3n) is 5.07. The number of methoxy groups -OCH3 is 4. The van der Waals surface area contributed by atoms with E-state index < -0.39 is 0 Å². The molecule has 182 valence electrons. The van der Waals surface area contributed by atoms with E-state index in [1.54, 1.807) is 39.5 Å². The maximum atomic E-state index is 12.4. The van der Waals surface area contributed by atoms with Gasteiger partial charge in [-0.25, -0.2) is 0 Å². The van der Waals surface area contributed by atoms with E-state index >= 15 is 0 Å². The molecule has 0 bridgehead atoms. The zero-order chi connectivity index (χ0) is 25.4. The summed E-state index contributed by atoms with van der Waals surface area (Å²) in [6.07, 6.45) is 6.64. The Bertz CT molecular complexity index is 1240. The van der Waals surface area contributed by atoms with Crippen LogP contribution < -0.4 is 24.3 Å². The first-order valence-corrected chi connectivity index (χ1v) is 10.6. The summed E-state index contributed by atoms with van der Waals surface area (Å²) in [4.78, 5) is 12.4. The Morgan fingerprint density at radius 1 is 0.686 bits per heavy atom. The molecule has 8 heteroatoms. The molecular weight excluding hydrogens is 450 g/mol. The number of phenolic OH excluding ortho intramolecular Hbond substituents is 2. The lowest BCUT2D eigenvalue weighted by Gasteiger charge is -2.13. The first-order chi connectivity index (χ1) is 16.9. The molecule has 3 rings (SSSR count). The molecule has 0 aliphatic rings. The first kappa shape index (κ1) is 25.0. The summed E-state index contributed by atoms with van der Waals surface area (Å²) >= 11 is 0. The van der Waals surface area contributed by atoms with Gasteiger partial charge < -0.3 is 34.5 Å². The number of rotatable bonds is 9. The number of carbonyl (C=O) groups is 1. The maximum absolute atomic E-state index is 12.4. The quantitative estimate of drug-likeness (QED) is 0.227. The van der Waals surface area contributed by atoms with Gasteiger partial charge in [0.15, 0.2) is 23.0 Å². The zero-order valence-electron chi connectivity index (χ0n) is 19.9. The van der Waals surface area contributed by atoms with Crippen LogP contribution in [0.15, 0.2) is 54.6 Å². The van der Waals surface area contributed by atoms with Crippen molar-refractivity contribution in [3.8, 4) is 34.5 Å². The predicted octanol–water partition coefficient (Wildman–Crippen LogP) is 4.95. The number of carbonyl (C=O) groups excluding carboxylic acids is 1. The van der Waals surface area contributed by atoms with Gasteiger partial charge in [-0.05, 0) is 59.2 Å². The number of benzene rings is 3. The Hall–Kier alpha value is -4.59. The van der Waals surface area contributed by atoms with Crippen LogP contribution in [0.5, 0.6) is 34.5 Å². The van der Waals surface area contributed by atoms with Crippen LogP contribution >= 0.6 is 0 Å². The Kier molecular flexibility index (Phi) is 8.24. The minimum Gasteiger partial charge on any atom is -0.504 e. The summed E-state index contributed by atoms with van der Waals surface area (Å²) in [6, 6.07) is 13.3. The molecule has 3 N–H and O–H groups in total. The van der Waals surface area contributed by atoms with Gasteiger partial charge in [0.2, 0.25) is 11.7 Å². The molecule has 0 unspecified atom stereocenters. The van der Waals surface area contributed by atoms with Crippen LogP contribution in [0.25, 0.3) is 18.2 Å². The highest BCUT2D eigenvalue weighted by Gasteiger charge is 2.12. The van der Waals surface area contributed by atoms with Gasteiger partial charge in [-0.3, -0.25) is 4.79 Å². The third kappa shape index (κ3) is 6.26. The summed E-state index contributed by atoms with van der Waals surface area (Å²) in [7, 11) is 6.20. The van der Waals surface area contributed by atoms with Crippen LogP contribution in [0.4, 0.5) is 5.69 Å². The number of anilines is 1. The van der Waals surface area contributed by atoms with Crippen LogP contribution in [0.3, 0.4) is 0 Å². The van der Waals surface area contributed by atoms with Crippen molar-refractivity contribution >= 4 is 29.8 Å². The van der Waals surface area contributed by atoms with Crippen LogP contribution in [0.2, 0.25) is 0 Å². The number of hydrogen-bond acceptors (Lipinski definition) is 7. The molecule has 0 spiro atoms. The molecule has 3 aromatic carbocycles. The normalized spacial score (nSPS) is 11.0. The number of amides is 1. The molecule has 0 atom stereocenters. The van der Waals surface area contributed by atoms with E-state index in [2.05, 4.69) is 5.32 Å². The molecule has 0 radical (unpaired) electrons. The largest absolute Gasteiger partial charge is 0.504 e. The second kappa shape index (κ2) is 11.5. The van der Waals surface area contributed by atoms with Crippen LogP contribution in [0.1, 0.15) is 16.7 Å². The summed E-state index contributed by atoms with van der Waals surface area (Å²) in [5, 5.41) is 21.7. The highest BCUT2D eigenvalue weighted by Crippen LogP contribution is 2.38. The lowest BCUT2D eigenvalue weighted by Crippen LogP contribution is -2.09. The van der Waals surface area contributed by atoms with Crippen molar-refractivity contribution in [1.29, 1.82) is 0 Å². The number of hydrogen-bond donors (Lipinski definition) is 3. The smallest absolute Gasteiger partial charge is 0.248 e. The van der Waals surface area contributed by atoms with E-state index in [0.717, 1.165) is 11.1 Å². The second-order valence-electron chi connectivity index (χ2n) is 7.32. The van der Waals surface area contributed by atoms with Crippen LogP contribution in [-0.2, 0) is 4.79 Å². The van der Waals surface area contributed by atoms with Gasteiger partial charge in [-0.2, -0.15) is 0 Å². The van der Waals surface area contributed by atoms with Crippen molar-refractivity contribution in [2.24, 2.45) is 0 Å². The summed E-state index contributed by atoms with van der Waals surface area (Å²) in [5.41, 5.74) is 2.76. The Balaban J connectivity index is 1.75.